The van der Waals surface area contributed by atoms with Gasteiger partial charge in [-0.05, 0) is 24.7 Å². The molecule has 0 aromatic heterocycles. The fourth-order valence-electron chi connectivity index (χ4n) is 1.58. The van der Waals surface area contributed by atoms with Crippen molar-refractivity contribution in [2.24, 2.45) is 0 Å². The van der Waals surface area contributed by atoms with E-state index >= 15 is 0 Å². The maximum absolute atomic E-state index is 13.6. The highest BCUT2D eigenvalue weighted by Gasteiger charge is 2.08. The average molecular weight is 236 g/mol. The Labute approximate surface area is 101 Å². The monoisotopic (exact) mass is 236 g/mol. The summed E-state index contributed by atoms with van der Waals surface area (Å²) in [4.78, 5) is 2.07. The Bertz CT molecular complexity index is 401. The van der Waals surface area contributed by atoms with Crippen molar-refractivity contribution in [2.75, 3.05) is 26.8 Å². The zero-order valence-corrected chi connectivity index (χ0v) is 10.2. The van der Waals surface area contributed by atoms with Crippen molar-refractivity contribution in [1.29, 1.82) is 5.26 Å². The van der Waals surface area contributed by atoms with Gasteiger partial charge >= 0.3 is 0 Å². The fraction of sp³-hybridized carbons (Fsp3) is 0.462. The van der Waals surface area contributed by atoms with Crippen LogP contribution in [0.1, 0.15) is 18.1 Å². The molecule has 0 heterocycles. The largest absolute Gasteiger partial charge is 0.383 e. The Morgan fingerprint density at radius 3 is 2.82 bits per heavy atom. The van der Waals surface area contributed by atoms with E-state index in [9.17, 15) is 4.39 Å². The summed E-state index contributed by atoms with van der Waals surface area (Å²) in [6.45, 7) is 4.71. The van der Waals surface area contributed by atoms with Gasteiger partial charge in [-0.2, -0.15) is 5.26 Å². The van der Waals surface area contributed by atoms with Gasteiger partial charge in [0, 0.05) is 25.8 Å². The number of benzene rings is 1. The normalized spacial score (nSPS) is 10.5. The van der Waals surface area contributed by atoms with Crippen LogP contribution >= 0.6 is 0 Å². The summed E-state index contributed by atoms with van der Waals surface area (Å²) in [5.41, 5.74) is 1.05. The second-order valence-corrected chi connectivity index (χ2v) is 3.78. The number of methoxy groups -OCH3 is 1. The van der Waals surface area contributed by atoms with E-state index in [0.29, 0.717) is 24.3 Å². The lowest BCUT2D eigenvalue weighted by atomic mass is 10.1. The quantitative estimate of drug-likeness (QED) is 0.759. The fourth-order valence-corrected chi connectivity index (χ4v) is 1.58. The molecule has 0 fully saturated rings. The van der Waals surface area contributed by atoms with Gasteiger partial charge in [0.1, 0.15) is 5.82 Å². The van der Waals surface area contributed by atoms with E-state index < -0.39 is 0 Å². The molecular formula is C13H17FN2O. The third-order valence-electron chi connectivity index (χ3n) is 2.63. The first-order valence-electron chi connectivity index (χ1n) is 5.61. The zero-order chi connectivity index (χ0) is 12.7. The number of ether oxygens (including phenoxy) is 1. The van der Waals surface area contributed by atoms with Gasteiger partial charge in [0.15, 0.2) is 0 Å². The average Bonchev–Trinajstić information content (AvgIpc) is 2.36. The lowest BCUT2D eigenvalue weighted by molar-refractivity contribution is 0.147. The van der Waals surface area contributed by atoms with Crippen molar-refractivity contribution in [3.05, 3.63) is 35.1 Å². The topological polar surface area (TPSA) is 36.3 Å². The number of hydrogen-bond donors (Lipinski definition) is 0. The molecular weight excluding hydrogens is 219 g/mol. The second kappa shape index (κ2) is 7.00. The Hall–Kier alpha value is -1.44. The molecule has 0 unspecified atom stereocenters. The second-order valence-electron chi connectivity index (χ2n) is 3.78. The van der Waals surface area contributed by atoms with Crippen molar-refractivity contribution >= 4 is 0 Å². The van der Waals surface area contributed by atoms with Gasteiger partial charge in [-0.1, -0.05) is 6.92 Å². The Kier molecular flexibility index (Phi) is 5.61. The van der Waals surface area contributed by atoms with Gasteiger partial charge in [0.2, 0.25) is 0 Å². The van der Waals surface area contributed by atoms with E-state index in [1.165, 1.54) is 12.1 Å². The summed E-state index contributed by atoms with van der Waals surface area (Å²) < 4.78 is 18.6. The van der Waals surface area contributed by atoms with Crippen LogP contribution in [0.4, 0.5) is 4.39 Å². The van der Waals surface area contributed by atoms with E-state index in [-0.39, 0.29) is 5.82 Å². The number of halogens is 1. The van der Waals surface area contributed by atoms with E-state index in [4.69, 9.17) is 10.00 Å². The van der Waals surface area contributed by atoms with Gasteiger partial charge in [-0.3, -0.25) is 4.90 Å². The van der Waals surface area contributed by atoms with Crippen molar-refractivity contribution in [3.63, 3.8) is 0 Å². The summed E-state index contributed by atoms with van der Waals surface area (Å²) >= 11 is 0. The molecule has 0 aliphatic heterocycles. The smallest absolute Gasteiger partial charge is 0.127 e. The van der Waals surface area contributed by atoms with E-state index in [1.807, 2.05) is 13.0 Å². The molecule has 1 aromatic rings. The number of nitrogens with zero attached hydrogens (tertiary/aromatic N) is 2. The minimum absolute atomic E-state index is 0.264. The lowest BCUT2D eigenvalue weighted by Gasteiger charge is -2.20. The highest BCUT2D eigenvalue weighted by molar-refractivity contribution is 5.33. The summed E-state index contributed by atoms with van der Waals surface area (Å²) in [7, 11) is 1.64. The van der Waals surface area contributed by atoms with Crippen molar-refractivity contribution in [2.45, 2.75) is 13.5 Å². The van der Waals surface area contributed by atoms with Gasteiger partial charge < -0.3 is 4.74 Å². The molecule has 1 aromatic carbocycles. The van der Waals surface area contributed by atoms with Crippen molar-refractivity contribution in [1.82, 2.24) is 4.90 Å². The van der Waals surface area contributed by atoms with Crippen LogP contribution in [0.3, 0.4) is 0 Å². The highest BCUT2D eigenvalue weighted by atomic mass is 19.1. The maximum Gasteiger partial charge on any atom is 0.127 e. The SMILES string of the molecule is CCN(CCOC)Cc1cc(C#N)ccc1F. The van der Waals surface area contributed by atoms with Crippen LogP contribution < -0.4 is 0 Å². The Balaban J connectivity index is 2.74. The van der Waals surface area contributed by atoms with Gasteiger partial charge in [-0.25, -0.2) is 4.39 Å². The standard InChI is InChI=1S/C13H17FN2O/c1-3-16(6-7-17-2)10-12-8-11(9-15)4-5-13(12)14/h4-5,8H,3,6-7,10H2,1-2H3. The highest BCUT2D eigenvalue weighted by Crippen LogP contribution is 2.12. The van der Waals surface area contributed by atoms with E-state index in [2.05, 4.69) is 4.90 Å². The van der Waals surface area contributed by atoms with Crippen LogP contribution in [-0.2, 0) is 11.3 Å². The number of likely N-dealkylation sites (N-methyl/N-ethyl adjacent to an activating group) is 1. The predicted molar refractivity (Wildman–Crippen MR) is 63.9 cm³/mol. The van der Waals surface area contributed by atoms with E-state index in [0.717, 1.165) is 13.1 Å². The van der Waals surface area contributed by atoms with Gasteiger partial charge in [-0.15, -0.1) is 0 Å². The predicted octanol–water partition coefficient (Wildman–Crippen LogP) is 2.17. The van der Waals surface area contributed by atoms with E-state index in [1.54, 1.807) is 13.2 Å². The van der Waals surface area contributed by atoms with Crippen LogP contribution in [-0.4, -0.2) is 31.7 Å². The van der Waals surface area contributed by atoms with Gasteiger partial charge in [0.05, 0.1) is 18.2 Å². The molecule has 92 valence electrons. The first-order chi connectivity index (χ1) is 8.21. The van der Waals surface area contributed by atoms with Crippen molar-refractivity contribution in [3.8, 4) is 6.07 Å². The molecule has 0 aliphatic rings. The van der Waals surface area contributed by atoms with Crippen LogP contribution in [0.25, 0.3) is 0 Å². The molecule has 0 aliphatic carbocycles. The number of rotatable bonds is 6. The molecule has 4 heteroatoms. The molecule has 0 amide bonds. The summed E-state index contributed by atoms with van der Waals surface area (Å²) in [5.74, 6) is -0.264. The minimum atomic E-state index is -0.264. The Morgan fingerprint density at radius 1 is 1.47 bits per heavy atom. The van der Waals surface area contributed by atoms with Crippen LogP contribution in [0, 0.1) is 17.1 Å². The van der Waals surface area contributed by atoms with Crippen LogP contribution in [0.15, 0.2) is 18.2 Å². The molecule has 17 heavy (non-hydrogen) atoms. The minimum Gasteiger partial charge on any atom is -0.383 e. The molecule has 0 atom stereocenters. The molecule has 0 bridgehead atoms. The Morgan fingerprint density at radius 2 is 2.24 bits per heavy atom. The molecule has 0 radical (unpaired) electrons. The maximum atomic E-state index is 13.6. The van der Waals surface area contributed by atoms with Crippen LogP contribution in [0.2, 0.25) is 0 Å². The molecule has 0 saturated heterocycles. The molecule has 0 spiro atoms. The first kappa shape index (κ1) is 13.6. The molecule has 1 rings (SSSR count). The third-order valence-corrected chi connectivity index (χ3v) is 2.63. The van der Waals surface area contributed by atoms with Gasteiger partial charge in [0.25, 0.3) is 0 Å². The molecule has 0 saturated carbocycles. The summed E-state index contributed by atoms with van der Waals surface area (Å²) in [6, 6.07) is 6.46. The first-order valence-corrected chi connectivity index (χ1v) is 5.61. The molecule has 0 N–H and O–H groups in total. The molecule has 3 nitrogen and oxygen atoms in total. The van der Waals surface area contributed by atoms with Crippen molar-refractivity contribution < 1.29 is 9.13 Å². The summed E-state index contributed by atoms with van der Waals surface area (Å²) in [6.07, 6.45) is 0. The lowest BCUT2D eigenvalue weighted by Crippen LogP contribution is -2.27. The van der Waals surface area contributed by atoms with Crippen LogP contribution in [0.5, 0.6) is 0 Å². The zero-order valence-electron chi connectivity index (χ0n) is 10.2. The summed E-state index contributed by atoms with van der Waals surface area (Å²) in [5, 5.41) is 8.78. The third kappa shape index (κ3) is 4.14. The number of nitriles is 1. The number of hydrogen-bond acceptors (Lipinski definition) is 3.